The Bertz CT molecular complexity index is 1360. The topological polar surface area (TPSA) is 56.5 Å². The maximum Gasteiger partial charge on any atom is 0.343 e. The summed E-state index contributed by atoms with van der Waals surface area (Å²) in [5.74, 6) is 0.0504. The van der Waals surface area contributed by atoms with Gasteiger partial charge in [0.2, 0.25) is 0 Å². The van der Waals surface area contributed by atoms with Crippen molar-refractivity contribution < 1.29 is 13.9 Å². The number of esters is 1. The molecule has 1 aliphatic rings. The second kappa shape index (κ2) is 6.35. The molecular formula is C24H14O4. The van der Waals surface area contributed by atoms with E-state index in [2.05, 4.69) is 0 Å². The molecule has 0 radical (unpaired) electrons. The standard InChI is InChI=1S/C24H14O4/c25-22-14-17(23-19-9-5-4-6-15(19)10-11-20(23)27-22)12-18-13-21(28-24(18)26)16-7-2-1-3-8-16/h1-14H/b18-12+. The van der Waals surface area contributed by atoms with Crippen molar-refractivity contribution in [1.29, 1.82) is 0 Å². The summed E-state index contributed by atoms with van der Waals surface area (Å²) in [6.45, 7) is 0. The van der Waals surface area contributed by atoms with Gasteiger partial charge in [-0.25, -0.2) is 9.59 Å². The molecule has 0 aliphatic carbocycles. The van der Waals surface area contributed by atoms with E-state index >= 15 is 0 Å². The van der Waals surface area contributed by atoms with Crippen LogP contribution in [0.4, 0.5) is 0 Å². The number of benzene rings is 3. The molecule has 0 saturated carbocycles. The lowest BCUT2D eigenvalue weighted by atomic mass is 10.0. The maximum atomic E-state index is 12.4. The molecule has 0 amide bonds. The minimum atomic E-state index is -0.465. The molecule has 1 aromatic heterocycles. The minimum Gasteiger partial charge on any atom is -0.423 e. The Hall–Kier alpha value is -3.92. The van der Waals surface area contributed by atoms with Crippen LogP contribution in [0.3, 0.4) is 0 Å². The van der Waals surface area contributed by atoms with E-state index in [9.17, 15) is 9.59 Å². The van der Waals surface area contributed by atoms with E-state index in [1.807, 2.05) is 60.7 Å². The smallest absolute Gasteiger partial charge is 0.343 e. The van der Waals surface area contributed by atoms with Gasteiger partial charge in [-0.3, -0.25) is 0 Å². The molecule has 4 heteroatoms. The van der Waals surface area contributed by atoms with Crippen LogP contribution in [0.25, 0.3) is 33.6 Å². The van der Waals surface area contributed by atoms with Gasteiger partial charge in [-0.2, -0.15) is 0 Å². The van der Waals surface area contributed by atoms with Crippen LogP contribution in [-0.2, 0) is 9.53 Å². The van der Waals surface area contributed by atoms with Gasteiger partial charge in [-0.05, 0) is 34.6 Å². The van der Waals surface area contributed by atoms with Gasteiger partial charge < -0.3 is 9.15 Å². The van der Waals surface area contributed by atoms with Crippen molar-refractivity contribution in [2.24, 2.45) is 0 Å². The minimum absolute atomic E-state index is 0.388. The van der Waals surface area contributed by atoms with Crippen LogP contribution < -0.4 is 5.63 Å². The summed E-state index contributed by atoms with van der Waals surface area (Å²) >= 11 is 0. The van der Waals surface area contributed by atoms with Crippen LogP contribution in [0.15, 0.2) is 93.7 Å². The quantitative estimate of drug-likeness (QED) is 0.218. The maximum absolute atomic E-state index is 12.4. The van der Waals surface area contributed by atoms with Gasteiger partial charge in [-0.15, -0.1) is 0 Å². The molecule has 4 aromatic rings. The largest absolute Gasteiger partial charge is 0.423 e. The summed E-state index contributed by atoms with van der Waals surface area (Å²) in [6.07, 6.45) is 3.38. The number of carbonyl (C=O) groups excluding carboxylic acids is 1. The van der Waals surface area contributed by atoms with Gasteiger partial charge >= 0.3 is 11.6 Å². The summed E-state index contributed by atoms with van der Waals surface area (Å²) in [6, 6.07) is 22.4. The van der Waals surface area contributed by atoms with Crippen molar-refractivity contribution in [2.75, 3.05) is 0 Å². The number of cyclic esters (lactones) is 1. The van der Waals surface area contributed by atoms with Gasteiger partial charge in [-0.1, -0.05) is 60.7 Å². The third-order valence-electron chi connectivity index (χ3n) is 4.76. The number of rotatable bonds is 2. The normalized spacial score (nSPS) is 15.2. The molecule has 134 valence electrons. The summed E-state index contributed by atoms with van der Waals surface area (Å²) < 4.78 is 10.8. The number of hydrogen-bond acceptors (Lipinski definition) is 4. The molecule has 2 heterocycles. The van der Waals surface area contributed by atoms with Gasteiger partial charge in [0.1, 0.15) is 11.3 Å². The molecule has 0 atom stereocenters. The Kier molecular flexibility index (Phi) is 3.69. The highest BCUT2D eigenvalue weighted by Crippen LogP contribution is 2.31. The van der Waals surface area contributed by atoms with E-state index in [0.29, 0.717) is 22.5 Å². The summed E-state index contributed by atoms with van der Waals surface area (Å²) in [5.41, 5.74) is 1.85. The fourth-order valence-electron chi connectivity index (χ4n) is 3.49. The van der Waals surface area contributed by atoms with Crippen molar-refractivity contribution in [3.63, 3.8) is 0 Å². The molecule has 0 saturated heterocycles. The molecular weight excluding hydrogens is 352 g/mol. The Morgan fingerprint density at radius 2 is 1.61 bits per heavy atom. The van der Waals surface area contributed by atoms with Crippen molar-refractivity contribution in [3.05, 3.63) is 106 Å². The van der Waals surface area contributed by atoms with E-state index < -0.39 is 11.6 Å². The first-order valence-corrected chi connectivity index (χ1v) is 8.86. The zero-order chi connectivity index (χ0) is 19.1. The van der Waals surface area contributed by atoms with Crippen LogP contribution in [0, 0.1) is 0 Å². The van der Waals surface area contributed by atoms with Crippen LogP contribution in [0.1, 0.15) is 11.1 Å². The number of hydrogen-bond donors (Lipinski definition) is 0. The average molecular weight is 366 g/mol. The second-order valence-corrected chi connectivity index (χ2v) is 6.54. The van der Waals surface area contributed by atoms with Crippen LogP contribution in [0.5, 0.6) is 0 Å². The Labute approximate surface area is 160 Å². The van der Waals surface area contributed by atoms with E-state index in [1.165, 1.54) is 6.07 Å². The first kappa shape index (κ1) is 16.3. The predicted octanol–water partition coefficient (Wildman–Crippen LogP) is 4.93. The highest BCUT2D eigenvalue weighted by molar-refractivity contribution is 6.12. The average Bonchev–Trinajstić information content (AvgIpc) is 3.08. The highest BCUT2D eigenvalue weighted by atomic mass is 16.5. The van der Waals surface area contributed by atoms with E-state index in [4.69, 9.17) is 9.15 Å². The van der Waals surface area contributed by atoms with Gasteiger partial charge in [0.15, 0.2) is 0 Å². The molecule has 0 unspecified atom stereocenters. The fourth-order valence-corrected chi connectivity index (χ4v) is 3.49. The molecule has 3 aromatic carbocycles. The zero-order valence-electron chi connectivity index (χ0n) is 14.7. The third-order valence-corrected chi connectivity index (χ3v) is 4.76. The molecule has 0 bridgehead atoms. The number of carbonyl (C=O) groups is 1. The van der Waals surface area contributed by atoms with Crippen LogP contribution in [0.2, 0.25) is 0 Å². The fraction of sp³-hybridized carbons (Fsp3) is 0. The van der Waals surface area contributed by atoms with Gasteiger partial charge in [0, 0.05) is 17.0 Å². The van der Waals surface area contributed by atoms with Gasteiger partial charge in [0.05, 0.1) is 5.57 Å². The first-order valence-electron chi connectivity index (χ1n) is 8.86. The molecule has 28 heavy (non-hydrogen) atoms. The summed E-state index contributed by atoms with van der Waals surface area (Å²) in [4.78, 5) is 24.5. The Morgan fingerprint density at radius 1 is 0.821 bits per heavy atom. The lowest BCUT2D eigenvalue weighted by molar-refractivity contribution is -0.130. The van der Waals surface area contributed by atoms with Crippen LogP contribution in [-0.4, -0.2) is 5.97 Å². The Morgan fingerprint density at radius 3 is 2.46 bits per heavy atom. The first-order chi connectivity index (χ1) is 13.7. The third kappa shape index (κ3) is 2.72. The van der Waals surface area contributed by atoms with Crippen molar-refractivity contribution in [1.82, 2.24) is 0 Å². The molecule has 0 N–H and O–H groups in total. The predicted molar refractivity (Wildman–Crippen MR) is 108 cm³/mol. The zero-order valence-corrected chi connectivity index (χ0v) is 14.7. The molecule has 0 fully saturated rings. The van der Waals surface area contributed by atoms with Crippen LogP contribution >= 0.6 is 0 Å². The lowest BCUT2D eigenvalue weighted by Gasteiger charge is -2.06. The van der Waals surface area contributed by atoms with E-state index in [-0.39, 0.29) is 0 Å². The van der Waals surface area contributed by atoms with Crippen molar-refractivity contribution in [2.45, 2.75) is 0 Å². The lowest BCUT2D eigenvalue weighted by Crippen LogP contribution is -2.01. The van der Waals surface area contributed by atoms with Gasteiger partial charge in [0.25, 0.3) is 0 Å². The molecule has 5 rings (SSSR count). The van der Waals surface area contributed by atoms with Crippen molar-refractivity contribution in [3.8, 4) is 0 Å². The molecule has 1 aliphatic heterocycles. The highest BCUT2D eigenvalue weighted by Gasteiger charge is 2.22. The molecule has 0 spiro atoms. The SMILES string of the molecule is O=C1OC(c2ccccc2)=C/C1=C\c1cc(=O)oc2ccc3ccccc3c12. The molecule has 4 nitrogen and oxygen atoms in total. The van der Waals surface area contributed by atoms with E-state index in [1.54, 1.807) is 18.2 Å². The van der Waals surface area contributed by atoms with E-state index in [0.717, 1.165) is 21.7 Å². The monoisotopic (exact) mass is 366 g/mol. The second-order valence-electron chi connectivity index (χ2n) is 6.54. The summed E-state index contributed by atoms with van der Waals surface area (Å²) in [7, 11) is 0. The number of fused-ring (bicyclic) bond motifs is 3. The summed E-state index contributed by atoms with van der Waals surface area (Å²) in [5, 5.41) is 2.77. The number of ether oxygens (including phenoxy) is 1. The van der Waals surface area contributed by atoms with Crippen molar-refractivity contribution >= 4 is 39.5 Å². The Balaban J connectivity index is 1.73.